The molecule has 6 nitrogen and oxygen atoms in total. The van der Waals surface area contributed by atoms with Crippen LogP contribution in [0.2, 0.25) is 5.02 Å². The van der Waals surface area contributed by atoms with Gasteiger partial charge in [0, 0.05) is 11.8 Å². The molecule has 0 aliphatic carbocycles. The third-order valence-electron chi connectivity index (χ3n) is 5.17. The number of nitrogens with zero attached hydrogens (tertiary/aromatic N) is 3. The van der Waals surface area contributed by atoms with E-state index in [1.807, 2.05) is 0 Å². The number of rotatable bonds is 2. The molecule has 2 aromatic carbocycles. The van der Waals surface area contributed by atoms with Gasteiger partial charge >= 0.3 is 12.1 Å². The monoisotopic (exact) mass is 497 g/mol. The Morgan fingerprint density at radius 2 is 1.76 bits per heavy atom. The van der Waals surface area contributed by atoms with Crippen molar-refractivity contribution in [2.45, 2.75) is 19.1 Å². The van der Waals surface area contributed by atoms with Crippen molar-refractivity contribution in [3.05, 3.63) is 91.6 Å². The highest BCUT2D eigenvalue weighted by Crippen LogP contribution is 2.41. The Labute approximate surface area is 193 Å². The largest absolute Gasteiger partial charge is 0.465 e. The van der Waals surface area contributed by atoms with Gasteiger partial charge in [0.05, 0.1) is 34.7 Å². The maximum atomic E-state index is 14.7. The number of aromatic nitrogens is 2. The van der Waals surface area contributed by atoms with Crippen molar-refractivity contribution in [1.29, 1.82) is 0 Å². The number of carbonyl (C=O) groups excluding carboxylic acids is 1. The number of fused-ring (bicyclic) bond motifs is 3. The van der Waals surface area contributed by atoms with E-state index in [-0.39, 0.29) is 11.5 Å². The number of halogens is 6. The molecule has 12 heteroatoms. The predicted octanol–water partition coefficient (Wildman–Crippen LogP) is 4.88. The van der Waals surface area contributed by atoms with Gasteiger partial charge in [0.25, 0.3) is 5.56 Å². The molecular weight excluding hydrogens is 485 g/mol. The predicted molar refractivity (Wildman–Crippen MR) is 112 cm³/mol. The lowest BCUT2D eigenvalue weighted by molar-refractivity contribution is -0.137. The summed E-state index contributed by atoms with van der Waals surface area (Å²) < 4.78 is 76.2. The van der Waals surface area contributed by atoms with Gasteiger partial charge in [-0.1, -0.05) is 17.7 Å². The van der Waals surface area contributed by atoms with Crippen LogP contribution in [0.5, 0.6) is 0 Å². The number of hydrogen-bond donors (Lipinski definition) is 0. The van der Waals surface area contributed by atoms with Crippen LogP contribution in [0.1, 0.15) is 45.8 Å². The molecule has 176 valence electrons. The Kier molecular flexibility index (Phi) is 5.76. The summed E-state index contributed by atoms with van der Waals surface area (Å²) in [6.07, 6.45) is -3.88. The van der Waals surface area contributed by atoms with E-state index in [1.54, 1.807) is 0 Å². The summed E-state index contributed by atoms with van der Waals surface area (Å²) in [5, 5.41) is -0.871. The van der Waals surface area contributed by atoms with Crippen LogP contribution in [0.15, 0.2) is 46.3 Å². The average Bonchev–Trinajstić information content (AvgIpc) is 2.87. The number of ether oxygens (including phenoxy) is 1. The molecule has 1 aliphatic rings. The second-order valence-electron chi connectivity index (χ2n) is 7.25. The highest BCUT2D eigenvalue weighted by atomic mass is 35.5. The van der Waals surface area contributed by atoms with Crippen molar-refractivity contribution in [2.24, 2.45) is 4.99 Å². The topological polar surface area (TPSA) is 73.6 Å². The maximum Gasteiger partial charge on any atom is 0.417 e. The summed E-state index contributed by atoms with van der Waals surface area (Å²) in [4.78, 5) is 32.5. The summed E-state index contributed by atoms with van der Waals surface area (Å²) in [5.41, 5.74) is -4.55. The molecule has 0 fully saturated rings. The standard InChI is InChI=1S/C22H13ClF5N3O3/c1-9-19-30-20(32)10(21(33)34-2)8-31(19)14-7-6-11(22(26,27)28)17(23)16(14)18(29-9)15-12(24)4-3-5-13(15)25/h3-9H,1-2H3. The molecule has 0 amide bonds. The first-order valence-electron chi connectivity index (χ1n) is 9.60. The molecule has 4 rings (SSSR count). The van der Waals surface area contributed by atoms with Crippen molar-refractivity contribution in [3.63, 3.8) is 0 Å². The highest BCUT2D eigenvalue weighted by Gasteiger charge is 2.38. The fraction of sp³-hybridized carbons (Fsp3) is 0.182. The zero-order chi connectivity index (χ0) is 24.9. The number of carbonyl (C=O) groups is 1. The number of methoxy groups -OCH3 is 1. The van der Waals surface area contributed by atoms with E-state index in [0.29, 0.717) is 6.07 Å². The molecule has 0 saturated carbocycles. The van der Waals surface area contributed by atoms with E-state index in [1.165, 1.54) is 6.92 Å². The van der Waals surface area contributed by atoms with E-state index >= 15 is 0 Å². The fourth-order valence-electron chi connectivity index (χ4n) is 3.65. The number of aliphatic imine (C=N–C) groups is 1. The van der Waals surface area contributed by atoms with Crippen molar-refractivity contribution in [2.75, 3.05) is 7.11 Å². The van der Waals surface area contributed by atoms with Gasteiger partial charge in [0.15, 0.2) is 0 Å². The van der Waals surface area contributed by atoms with E-state index in [9.17, 15) is 31.5 Å². The van der Waals surface area contributed by atoms with Crippen LogP contribution < -0.4 is 5.56 Å². The van der Waals surface area contributed by atoms with Crippen LogP contribution in [0.3, 0.4) is 0 Å². The summed E-state index contributed by atoms with van der Waals surface area (Å²) in [6.45, 7) is 1.42. The molecule has 0 saturated heterocycles. The van der Waals surface area contributed by atoms with Gasteiger partial charge in [-0.15, -0.1) is 0 Å². The lowest BCUT2D eigenvalue weighted by Gasteiger charge is -2.19. The minimum Gasteiger partial charge on any atom is -0.465 e. The first-order chi connectivity index (χ1) is 16.0. The fourth-order valence-corrected chi connectivity index (χ4v) is 4.00. The molecule has 1 unspecified atom stereocenters. The van der Waals surface area contributed by atoms with Crippen LogP contribution in [0.25, 0.3) is 5.69 Å². The molecule has 34 heavy (non-hydrogen) atoms. The zero-order valence-electron chi connectivity index (χ0n) is 17.4. The SMILES string of the molecule is COC(=O)c1cn2c(nc1=O)C(C)N=C(c1c(F)cccc1F)c1c-2ccc(C(F)(F)F)c1Cl. The molecule has 1 aliphatic heterocycles. The Balaban J connectivity index is 2.17. The Bertz CT molecular complexity index is 1410. The molecule has 2 heterocycles. The minimum atomic E-state index is -4.90. The van der Waals surface area contributed by atoms with Gasteiger partial charge < -0.3 is 9.30 Å². The van der Waals surface area contributed by atoms with Gasteiger partial charge in [-0.2, -0.15) is 18.2 Å². The highest BCUT2D eigenvalue weighted by molar-refractivity contribution is 6.37. The lowest BCUT2D eigenvalue weighted by atomic mass is 9.97. The smallest absolute Gasteiger partial charge is 0.417 e. The van der Waals surface area contributed by atoms with Gasteiger partial charge in [-0.3, -0.25) is 9.79 Å². The summed E-state index contributed by atoms with van der Waals surface area (Å²) in [5.74, 6) is -3.31. The Hall–Kier alpha value is -3.60. The van der Waals surface area contributed by atoms with Crippen molar-refractivity contribution < 1.29 is 31.5 Å². The van der Waals surface area contributed by atoms with E-state index in [2.05, 4.69) is 14.7 Å². The van der Waals surface area contributed by atoms with Gasteiger partial charge in [0.2, 0.25) is 0 Å². The normalized spacial score (nSPS) is 15.2. The molecular formula is C22H13ClF5N3O3. The minimum absolute atomic E-state index is 0.0959. The zero-order valence-corrected chi connectivity index (χ0v) is 18.1. The molecule has 3 aromatic rings. The number of benzene rings is 2. The molecule has 0 spiro atoms. The summed E-state index contributed by atoms with van der Waals surface area (Å²) >= 11 is 6.18. The van der Waals surface area contributed by atoms with Crippen molar-refractivity contribution in [3.8, 4) is 5.69 Å². The number of alkyl halides is 3. The second-order valence-corrected chi connectivity index (χ2v) is 7.63. The quantitative estimate of drug-likeness (QED) is 0.373. The van der Waals surface area contributed by atoms with Gasteiger partial charge in [-0.05, 0) is 31.2 Å². The molecule has 1 aromatic heterocycles. The van der Waals surface area contributed by atoms with Gasteiger partial charge in [0.1, 0.15) is 29.1 Å². The van der Waals surface area contributed by atoms with Crippen LogP contribution in [-0.2, 0) is 10.9 Å². The molecule has 0 radical (unpaired) electrons. The summed E-state index contributed by atoms with van der Waals surface area (Å²) in [6, 6.07) is 3.51. The Morgan fingerprint density at radius 1 is 1.12 bits per heavy atom. The van der Waals surface area contributed by atoms with E-state index in [0.717, 1.165) is 42.1 Å². The average molecular weight is 498 g/mol. The van der Waals surface area contributed by atoms with Crippen molar-refractivity contribution >= 4 is 23.3 Å². The van der Waals surface area contributed by atoms with E-state index < -0.39 is 68.4 Å². The molecule has 0 N–H and O–H groups in total. The van der Waals surface area contributed by atoms with Crippen LogP contribution in [0.4, 0.5) is 22.0 Å². The maximum absolute atomic E-state index is 14.7. The third kappa shape index (κ3) is 3.75. The first-order valence-corrected chi connectivity index (χ1v) is 9.98. The number of hydrogen-bond acceptors (Lipinski definition) is 5. The van der Waals surface area contributed by atoms with Crippen LogP contribution >= 0.6 is 11.6 Å². The van der Waals surface area contributed by atoms with Gasteiger partial charge in [-0.25, -0.2) is 13.6 Å². The third-order valence-corrected chi connectivity index (χ3v) is 5.57. The lowest BCUT2D eigenvalue weighted by Crippen LogP contribution is -2.25. The first kappa shape index (κ1) is 23.6. The molecule has 1 atom stereocenters. The second kappa shape index (κ2) is 8.32. The van der Waals surface area contributed by atoms with Crippen LogP contribution in [-0.4, -0.2) is 28.3 Å². The Morgan fingerprint density at radius 3 is 2.35 bits per heavy atom. The van der Waals surface area contributed by atoms with E-state index in [4.69, 9.17) is 11.6 Å². The van der Waals surface area contributed by atoms with Crippen LogP contribution in [0, 0.1) is 11.6 Å². The molecule has 0 bridgehead atoms. The summed E-state index contributed by atoms with van der Waals surface area (Å²) in [7, 11) is 1.03. The number of esters is 1. The van der Waals surface area contributed by atoms with Crippen molar-refractivity contribution in [1.82, 2.24) is 9.55 Å².